The van der Waals surface area contributed by atoms with E-state index in [1.54, 1.807) is 0 Å². The average molecular weight is 413 g/mol. The third-order valence-electron chi connectivity index (χ3n) is 6.05. The van der Waals surface area contributed by atoms with Gasteiger partial charge in [-0.25, -0.2) is 4.39 Å². The van der Waals surface area contributed by atoms with Crippen LogP contribution in [0.2, 0.25) is 0 Å². The number of hydrogen-bond acceptors (Lipinski definition) is 5. The van der Waals surface area contributed by atoms with E-state index < -0.39 is 5.91 Å². The van der Waals surface area contributed by atoms with E-state index >= 15 is 0 Å². The van der Waals surface area contributed by atoms with Crippen molar-refractivity contribution in [2.45, 2.75) is 25.0 Å². The fraction of sp³-hybridized carbons (Fsp3) is 0.435. The number of anilines is 1. The maximum Gasteiger partial charge on any atom is 0.248 e. The molecule has 2 saturated heterocycles. The van der Waals surface area contributed by atoms with Crippen molar-refractivity contribution in [2.75, 3.05) is 44.3 Å². The van der Waals surface area contributed by atoms with E-state index in [1.165, 1.54) is 41.1 Å². The highest BCUT2D eigenvalue weighted by Gasteiger charge is 2.29. The molecule has 3 N–H and O–H groups in total. The number of rotatable bonds is 3. The topological polar surface area (TPSA) is 79.0 Å². The highest BCUT2D eigenvalue weighted by atomic mass is 19.1. The summed E-state index contributed by atoms with van der Waals surface area (Å²) in [5.41, 5.74) is 9.21. The van der Waals surface area contributed by atoms with Gasteiger partial charge in [-0.3, -0.25) is 9.69 Å². The van der Waals surface area contributed by atoms with Crippen LogP contribution in [0.4, 0.5) is 10.1 Å². The van der Waals surface area contributed by atoms with Crippen LogP contribution in [0.5, 0.6) is 0 Å². The molecule has 2 aromatic rings. The number of ether oxygens (including phenoxy) is 1. The standard InChI is InChI=1S/C16H22N2O2.C7H6FNO/c19-16-8-12-1-2-14(7-13(12)9-16)17-3-5-18(6-4-17)15-10-20-11-15;8-6-3-1-5(2-4-6)7(9)10/h1-2,7,15-16,19H,3-6,8-11H2;1-4H,(H2,9,10). The lowest BCUT2D eigenvalue weighted by atomic mass is 10.1. The summed E-state index contributed by atoms with van der Waals surface area (Å²) < 4.78 is 17.5. The lowest BCUT2D eigenvalue weighted by Crippen LogP contribution is -2.56. The zero-order valence-electron chi connectivity index (χ0n) is 17.0. The van der Waals surface area contributed by atoms with Crippen molar-refractivity contribution >= 4 is 11.6 Å². The minimum atomic E-state index is -0.542. The Bertz CT molecular complexity index is 878. The summed E-state index contributed by atoms with van der Waals surface area (Å²) in [7, 11) is 0. The van der Waals surface area contributed by atoms with E-state index in [1.807, 2.05) is 0 Å². The Balaban J connectivity index is 0.000000185. The van der Waals surface area contributed by atoms with Gasteiger partial charge in [0, 0.05) is 37.4 Å². The zero-order chi connectivity index (χ0) is 21.1. The number of primary amides is 1. The Morgan fingerprint density at radius 2 is 1.67 bits per heavy atom. The number of aliphatic hydroxyl groups excluding tert-OH is 1. The van der Waals surface area contributed by atoms with E-state index in [2.05, 4.69) is 28.0 Å². The largest absolute Gasteiger partial charge is 0.392 e. The van der Waals surface area contributed by atoms with Crippen molar-refractivity contribution in [3.8, 4) is 0 Å². The number of amides is 1. The highest BCUT2D eigenvalue weighted by molar-refractivity contribution is 5.92. The summed E-state index contributed by atoms with van der Waals surface area (Å²) in [5, 5.41) is 9.75. The predicted molar refractivity (Wildman–Crippen MR) is 113 cm³/mol. The molecule has 2 aromatic carbocycles. The Labute approximate surface area is 176 Å². The SMILES string of the molecule is NC(=O)c1ccc(F)cc1.OC1Cc2ccc(N3CCN(C4COC4)CC3)cc2C1. The molecular weight excluding hydrogens is 385 g/mol. The van der Waals surface area contributed by atoms with Crippen molar-refractivity contribution in [2.24, 2.45) is 5.73 Å². The monoisotopic (exact) mass is 413 g/mol. The molecule has 1 atom stereocenters. The van der Waals surface area contributed by atoms with Gasteiger partial charge in [0.15, 0.2) is 0 Å². The summed E-state index contributed by atoms with van der Waals surface area (Å²) in [6.45, 7) is 6.28. The van der Waals surface area contributed by atoms with Crippen molar-refractivity contribution < 1.29 is 19.0 Å². The molecule has 2 fully saturated rings. The lowest BCUT2D eigenvalue weighted by molar-refractivity contribution is -0.0660. The summed E-state index contributed by atoms with van der Waals surface area (Å²) in [4.78, 5) is 15.4. The van der Waals surface area contributed by atoms with Crippen LogP contribution >= 0.6 is 0 Å². The molecule has 1 unspecified atom stereocenters. The van der Waals surface area contributed by atoms with Crippen molar-refractivity contribution in [3.63, 3.8) is 0 Å². The van der Waals surface area contributed by atoms with Crippen LogP contribution in [0.3, 0.4) is 0 Å². The van der Waals surface area contributed by atoms with Gasteiger partial charge in [0.05, 0.1) is 25.4 Å². The summed E-state index contributed by atoms with van der Waals surface area (Å²) >= 11 is 0. The first-order valence-electron chi connectivity index (χ1n) is 10.4. The van der Waals surface area contributed by atoms with Crippen LogP contribution in [-0.4, -0.2) is 67.5 Å². The number of benzene rings is 2. The van der Waals surface area contributed by atoms with Crippen molar-refractivity contribution in [1.82, 2.24) is 4.90 Å². The van der Waals surface area contributed by atoms with Crippen LogP contribution < -0.4 is 10.6 Å². The first kappa shape index (κ1) is 20.8. The zero-order valence-corrected chi connectivity index (χ0v) is 17.0. The third-order valence-corrected chi connectivity index (χ3v) is 6.05. The normalized spacial score (nSPS) is 21.4. The quantitative estimate of drug-likeness (QED) is 0.799. The van der Waals surface area contributed by atoms with Gasteiger partial charge >= 0.3 is 0 Å². The molecule has 1 amide bonds. The number of fused-ring (bicyclic) bond motifs is 1. The highest BCUT2D eigenvalue weighted by Crippen LogP contribution is 2.28. The number of carbonyl (C=O) groups excluding carboxylic acids is 1. The summed E-state index contributed by atoms with van der Waals surface area (Å²) in [5.74, 6) is -0.912. The minimum Gasteiger partial charge on any atom is -0.392 e. The third kappa shape index (κ3) is 4.80. The van der Waals surface area contributed by atoms with Gasteiger partial charge in [0.1, 0.15) is 5.82 Å². The molecule has 2 heterocycles. The van der Waals surface area contributed by atoms with Crippen LogP contribution in [0.15, 0.2) is 42.5 Å². The maximum absolute atomic E-state index is 12.2. The number of nitrogens with two attached hydrogens (primary N) is 1. The molecule has 0 aromatic heterocycles. The van der Waals surface area contributed by atoms with Gasteiger partial charge in [-0.2, -0.15) is 0 Å². The number of nitrogens with zero attached hydrogens (tertiary/aromatic N) is 2. The molecule has 160 valence electrons. The van der Waals surface area contributed by atoms with Gasteiger partial charge in [0.25, 0.3) is 0 Å². The molecule has 0 saturated carbocycles. The van der Waals surface area contributed by atoms with E-state index in [4.69, 9.17) is 10.5 Å². The summed E-state index contributed by atoms with van der Waals surface area (Å²) in [6, 6.07) is 12.4. The van der Waals surface area contributed by atoms with E-state index in [9.17, 15) is 14.3 Å². The smallest absolute Gasteiger partial charge is 0.248 e. The Kier molecular flexibility index (Phi) is 6.32. The van der Waals surface area contributed by atoms with Crippen LogP contribution in [-0.2, 0) is 17.6 Å². The number of aliphatic hydroxyl groups is 1. The van der Waals surface area contributed by atoms with Gasteiger partial charge in [0.2, 0.25) is 5.91 Å². The molecule has 0 radical (unpaired) electrons. The Hall–Kier alpha value is -2.48. The fourth-order valence-corrected chi connectivity index (χ4v) is 4.17. The second-order valence-electron chi connectivity index (χ2n) is 8.10. The molecule has 3 aliphatic rings. The van der Waals surface area contributed by atoms with Crippen LogP contribution in [0.1, 0.15) is 21.5 Å². The van der Waals surface area contributed by atoms with Gasteiger partial charge < -0.3 is 20.5 Å². The van der Waals surface area contributed by atoms with Crippen molar-refractivity contribution in [3.05, 3.63) is 65.0 Å². The van der Waals surface area contributed by atoms with Crippen LogP contribution in [0.25, 0.3) is 0 Å². The lowest BCUT2D eigenvalue weighted by Gasteiger charge is -2.43. The molecular formula is C23H28FN3O3. The molecule has 2 aliphatic heterocycles. The van der Waals surface area contributed by atoms with Gasteiger partial charge in [-0.1, -0.05) is 6.07 Å². The molecule has 6 nitrogen and oxygen atoms in total. The number of halogens is 1. The first-order chi connectivity index (χ1) is 14.5. The second-order valence-corrected chi connectivity index (χ2v) is 8.10. The molecule has 0 bridgehead atoms. The van der Waals surface area contributed by atoms with Crippen molar-refractivity contribution in [1.29, 1.82) is 0 Å². The second kappa shape index (κ2) is 9.12. The fourth-order valence-electron chi connectivity index (χ4n) is 4.17. The van der Waals surface area contributed by atoms with Gasteiger partial charge in [-0.15, -0.1) is 0 Å². The Morgan fingerprint density at radius 1 is 1.00 bits per heavy atom. The molecule has 30 heavy (non-hydrogen) atoms. The minimum absolute atomic E-state index is 0.171. The van der Waals surface area contributed by atoms with E-state index in [0.29, 0.717) is 11.6 Å². The summed E-state index contributed by atoms with van der Waals surface area (Å²) in [6.07, 6.45) is 1.48. The molecule has 7 heteroatoms. The number of carbonyl (C=O) groups is 1. The molecule has 0 spiro atoms. The maximum atomic E-state index is 12.2. The Morgan fingerprint density at radius 3 is 2.27 bits per heavy atom. The van der Waals surface area contributed by atoms with Crippen LogP contribution in [0, 0.1) is 5.82 Å². The number of piperazine rings is 1. The van der Waals surface area contributed by atoms with Gasteiger partial charge in [-0.05, 0) is 60.4 Å². The molecule has 5 rings (SSSR count). The first-order valence-corrected chi connectivity index (χ1v) is 10.4. The predicted octanol–water partition coefficient (Wildman–Crippen LogP) is 1.59. The average Bonchev–Trinajstić information content (AvgIpc) is 3.07. The van der Waals surface area contributed by atoms with E-state index in [-0.39, 0.29) is 11.9 Å². The number of hydrogen-bond donors (Lipinski definition) is 2. The molecule has 1 aliphatic carbocycles. The van der Waals surface area contributed by atoms with E-state index in [0.717, 1.165) is 52.2 Å².